The van der Waals surface area contributed by atoms with Crippen molar-refractivity contribution in [3.8, 4) is 5.75 Å². The third-order valence-corrected chi connectivity index (χ3v) is 6.97. The van der Waals surface area contributed by atoms with Gasteiger partial charge < -0.3 is 4.74 Å². The summed E-state index contributed by atoms with van der Waals surface area (Å²) in [5.41, 5.74) is 2.03. The van der Waals surface area contributed by atoms with Gasteiger partial charge in [-0.3, -0.25) is 4.79 Å². The van der Waals surface area contributed by atoms with Crippen LogP contribution in [0, 0.1) is 0 Å². The molecule has 1 amide bonds. The monoisotopic (exact) mass is 455 g/mol. The van der Waals surface area contributed by atoms with Gasteiger partial charge in [-0.05, 0) is 73.4 Å². The largest absolute Gasteiger partial charge is 0.487 e. The molecule has 0 unspecified atom stereocenters. The molecule has 0 radical (unpaired) electrons. The molecule has 7 heteroatoms. The van der Waals surface area contributed by atoms with Crippen molar-refractivity contribution in [2.45, 2.75) is 36.7 Å². The summed E-state index contributed by atoms with van der Waals surface area (Å²) in [6, 6.07) is 20.8. The van der Waals surface area contributed by atoms with E-state index in [-0.39, 0.29) is 16.1 Å². The highest BCUT2D eigenvalue weighted by atomic mass is 35.5. The maximum Gasteiger partial charge on any atom is 0.265 e. The molecule has 0 aliphatic carbocycles. The molecule has 1 heterocycles. The number of aryl methyl sites for hydroxylation is 1. The van der Waals surface area contributed by atoms with Gasteiger partial charge in [0.15, 0.2) is 0 Å². The number of hydrogen-bond acceptors (Lipinski definition) is 4. The highest BCUT2D eigenvalue weighted by Crippen LogP contribution is 2.35. The molecule has 1 atom stereocenters. The number of carbonyl (C=O) groups is 1. The number of amides is 1. The Morgan fingerprint density at radius 1 is 1.06 bits per heavy atom. The van der Waals surface area contributed by atoms with E-state index in [0.29, 0.717) is 5.02 Å². The molecule has 1 aliphatic heterocycles. The number of hydrogen-bond donors (Lipinski definition) is 1. The lowest BCUT2D eigenvalue weighted by Crippen LogP contribution is -2.38. The van der Waals surface area contributed by atoms with Crippen LogP contribution in [0.1, 0.15) is 34.8 Å². The molecule has 5 nitrogen and oxygen atoms in total. The minimum absolute atomic E-state index is 0.0248. The third-order valence-electron chi connectivity index (χ3n) is 5.37. The first kappa shape index (κ1) is 21.4. The summed E-state index contributed by atoms with van der Waals surface area (Å²) in [4.78, 5) is 12.6. The molecule has 0 fully saturated rings. The van der Waals surface area contributed by atoms with Gasteiger partial charge in [0.05, 0.1) is 4.90 Å². The zero-order chi connectivity index (χ0) is 22.1. The van der Waals surface area contributed by atoms with Crippen molar-refractivity contribution >= 4 is 27.5 Å². The van der Waals surface area contributed by atoms with Gasteiger partial charge in [-0.1, -0.05) is 41.9 Å². The number of rotatable bonds is 5. The summed E-state index contributed by atoms with van der Waals surface area (Å²) in [7, 11) is -3.99. The van der Waals surface area contributed by atoms with Crippen LogP contribution in [0.3, 0.4) is 0 Å². The van der Waals surface area contributed by atoms with Crippen LogP contribution in [0.5, 0.6) is 5.75 Å². The van der Waals surface area contributed by atoms with Crippen molar-refractivity contribution in [3.05, 3.63) is 94.5 Å². The Kier molecular flexibility index (Phi) is 5.77. The molecule has 31 heavy (non-hydrogen) atoms. The summed E-state index contributed by atoms with van der Waals surface area (Å²) in [5.74, 6) is 0.0390. The SMILES string of the molecule is C[C@@]1(Cc2ccccc2)CCc2cc(C(=O)NS(=O)(=O)c3ccc(Cl)cc3)ccc2O1. The number of nitrogens with one attached hydrogen (secondary N) is 1. The lowest BCUT2D eigenvalue weighted by atomic mass is 9.87. The summed E-state index contributed by atoms with van der Waals surface area (Å²) in [6.45, 7) is 2.09. The quantitative estimate of drug-likeness (QED) is 0.600. The van der Waals surface area contributed by atoms with E-state index in [4.69, 9.17) is 16.3 Å². The van der Waals surface area contributed by atoms with Gasteiger partial charge in [-0.25, -0.2) is 13.1 Å². The maximum atomic E-state index is 12.6. The highest BCUT2D eigenvalue weighted by Gasteiger charge is 2.32. The van der Waals surface area contributed by atoms with Crippen molar-refractivity contribution < 1.29 is 17.9 Å². The molecule has 1 N–H and O–H groups in total. The molecule has 0 spiro atoms. The molecule has 0 saturated carbocycles. The van der Waals surface area contributed by atoms with Crippen LogP contribution in [-0.2, 0) is 22.9 Å². The normalized spacial score (nSPS) is 18.0. The Hall–Kier alpha value is -2.83. The number of fused-ring (bicyclic) bond motifs is 1. The lowest BCUT2D eigenvalue weighted by molar-refractivity contribution is 0.0654. The van der Waals surface area contributed by atoms with Crippen molar-refractivity contribution in [2.75, 3.05) is 0 Å². The van der Waals surface area contributed by atoms with Crippen LogP contribution in [0.15, 0.2) is 77.7 Å². The first-order valence-electron chi connectivity index (χ1n) is 9.93. The van der Waals surface area contributed by atoms with E-state index in [9.17, 15) is 13.2 Å². The predicted molar refractivity (Wildman–Crippen MR) is 120 cm³/mol. The standard InChI is InChI=1S/C24H22ClNO4S/c1-24(16-17-5-3-2-4-6-17)14-13-18-15-19(7-12-22(18)30-24)23(27)26-31(28,29)21-10-8-20(25)9-11-21/h2-12,15H,13-14,16H2,1H3,(H,26,27)/t24-/m0/s1. The van der Waals surface area contributed by atoms with E-state index in [1.807, 2.05) is 18.2 Å². The van der Waals surface area contributed by atoms with Gasteiger partial charge in [0.25, 0.3) is 15.9 Å². The number of carbonyl (C=O) groups excluding carboxylic acids is 1. The average Bonchev–Trinajstić information content (AvgIpc) is 2.74. The predicted octanol–water partition coefficient (Wildman–Crippen LogP) is 4.79. The van der Waals surface area contributed by atoms with Gasteiger partial charge in [0, 0.05) is 17.0 Å². The average molecular weight is 456 g/mol. The number of sulfonamides is 1. The fraction of sp³-hybridized carbons (Fsp3) is 0.208. The van der Waals surface area contributed by atoms with E-state index in [1.165, 1.54) is 29.8 Å². The highest BCUT2D eigenvalue weighted by molar-refractivity contribution is 7.90. The van der Waals surface area contributed by atoms with E-state index >= 15 is 0 Å². The van der Waals surface area contributed by atoms with Gasteiger partial charge >= 0.3 is 0 Å². The van der Waals surface area contributed by atoms with Crippen molar-refractivity contribution in [1.29, 1.82) is 0 Å². The van der Waals surface area contributed by atoms with Crippen molar-refractivity contribution in [1.82, 2.24) is 4.72 Å². The fourth-order valence-corrected chi connectivity index (χ4v) is 4.84. The molecule has 160 valence electrons. The zero-order valence-electron chi connectivity index (χ0n) is 17.0. The summed E-state index contributed by atoms with van der Waals surface area (Å²) in [6.07, 6.45) is 2.32. The van der Waals surface area contributed by atoms with Gasteiger partial charge in [0.1, 0.15) is 11.4 Å². The molecule has 0 bridgehead atoms. The Bertz CT molecular complexity index is 1210. The van der Waals surface area contributed by atoms with Crippen molar-refractivity contribution in [2.24, 2.45) is 0 Å². The molecule has 3 aromatic carbocycles. The summed E-state index contributed by atoms with van der Waals surface area (Å²) >= 11 is 5.80. The molecule has 1 aliphatic rings. The number of benzene rings is 3. The van der Waals surface area contributed by atoms with Crippen LogP contribution < -0.4 is 9.46 Å². The summed E-state index contributed by atoms with van der Waals surface area (Å²) in [5, 5.41) is 0.416. The molecular formula is C24H22ClNO4S. The van der Waals surface area contributed by atoms with Gasteiger partial charge in [-0.2, -0.15) is 0 Å². The van der Waals surface area contributed by atoms with E-state index in [2.05, 4.69) is 23.8 Å². The van der Waals surface area contributed by atoms with Crippen LogP contribution >= 0.6 is 11.6 Å². The summed E-state index contributed by atoms with van der Waals surface area (Å²) < 4.78 is 33.3. The maximum absolute atomic E-state index is 12.6. The Labute approximate surface area is 187 Å². The zero-order valence-corrected chi connectivity index (χ0v) is 18.5. The third kappa shape index (κ3) is 4.92. The van der Waals surface area contributed by atoms with Gasteiger partial charge in [0.2, 0.25) is 0 Å². The molecule has 3 aromatic rings. The molecule has 0 saturated heterocycles. The lowest BCUT2D eigenvalue weighted by Gasteiger charge is -2.36. The minimum Gasteiger partial charge on any atom is -0.487 e. The fourth-order valence-electron chi connectivity index (χ4n) is 3.74. The van der Waals surface area contributed by atoms with Crippen molar-refractivity contribution in [3.63, 3.8) is 0 Å². The van der Waals surface area contributed by atoms with E-state index in [1.54, 1.807) is 18.2 Å². The molecular weight excluding hydrogens is 434 g/mol. The first-order chi connectivity index (χ1) is 14.7. The van der Waals surface area contributed by atoms with Gasteiger partial charge in [-0.15, -0.1) is 0 Å². The minimum atomic E-state index is -3.99. The molecule has 0 aromatic heterocycles. The molecule has 4 rings (SSSR count). The second-order valence-corrected chi connectivity index (χ2v) is 10.0. The van der Waals surface area contributed by atoms with Crippen LogP contribution in [-0.4, -0.2) is 19.9 Å². The Morgan fingerprint density at radius 3 is 2.48 bits per heavy atom. The van der Waals surface area contributed by atoms with E-state index in [0.717, 1.165) is 30.6 Å². The van der Waals surface area contributed by atoms with Crippen LogP contribution in [0.2, 0.25) is 5.02 Å². The van der Waals surface area contributed by atoms with Crippen LogP contribution in [0.25, 0.3) is 0 Å². The second kappa shape index (κ2) is 8.36. The topological polar surface area (TPSA) is 72.5 Å². The smallest absolute Gasteiger partial charge is 0.265 e. The van der Waals surface area contributed by atoms with E-state index < -0.39 is 15.9 Å². The Balaban J connectivity index is 1.49. The number of halogens is 1. The second-order valence-electron chi connectivity index (χ2n) is 7.93. The number of ether oxygens (including phenoxy) is 1. The first-order valence-corrected chi connectivity index (χ1v) is 11.8. The Morgan fingerprint density at radius 2 is 1.77 bits per heavy atom. The van der Waals surface area contributed by atoms with Crippen LogP contribution in [0.4, 0.5) is 0 Å².